The molecule has 0 bridgehead atoms. The van der Waals surface area contributed by atoms with Crippen LogP contribution >= 0.6 is 11.8 Å². The van der Waals surface area contributed by atoms with E-state index in [2.05, 4.69) is 5.32 Å². The first-order valence-electron chi connectivity index (χ1n) is 7.79. The van der Waals surface area contributed by atoms with E-state index in [0.717, 1.165) is 10.5 Å². The van der Waals surface area contributed by atoms with Crippen molar-refractivity contribution in [2.75, 3.05) is 6.61 Å². The molecule has 0 heterocycles. The van der Waals surface area contributed by atoms with E-state index in [9.17, 15) is 9.59 Å². The van der Waals surface area contributed by atoms with Crippen LogP contribution in [0.15, 0.2) is 65.6 Å². The molecule has 0 radical (unpaired) electrons. The van der Waals surface area contributed by atoms with E-state index in [-0.39, 0.29) is 23.8 Å². The first-order valence-corrected chi connectivity index (χ1v) is 8.67. The van der Waals surface area contributed by atoms with Gasteiger partial charge in [0.2, 0.25) is 0 Å². The lowest BCUT2D eigenvalue weighted by atomic mass is 10.1. The minimum atomic E-state index is -0.397. The minimum Gasteiger partial charge on any atom is -0.455 e. The summed E-state index contributed by atoms with van der Waals surface area (Å²) in [6.45, 7) is 3.39. The number of rotatable bonds is 7. The Morgan fingerprint density at radius 1 is 1.00 bits per heavy atom. The van der Waals surface area contributed by atoms with Gasteiger partial charge in [0.25, 0.3) is 5.91 Å². The molecule has 2 rings (SSSR count). The van der Waals surface area contributed by atoms with E-state index in [1.54, 1.807) is 6.92 Å². The summed E-state index contributed by atoms with van der Waals surface area (Å²) in [4.78, 5) is 24.9. The van der Waals surface area contributed by atoms with E-state index in [0.29, 0.717) is 0 Å². The van der Waals surface area contributed by atoms with E-state index in [4.69, 9.17) is 4.74 Å². The van der Waals surface area contributed by atoms with Gasteiger partial charge in [-0.05, 0) is 31.5 Å². The third-order valence-electron chi connectivity index (χ3n) is 3.41. The van der Waals surface area contributed by atoms with Gasteiger partial charge in [-0.1, -0.05) is 48.5 Å². The van der Waals surface area contributed by atoms with Crippen molar-refractivity contribution >= 4 is 23.6 Å². The minimum absolute atomic E-state index is 0.131. The Kier molecular flexibility index (Phi) is 6.88. The van der Waals surface area contributed by atoms with Crippen LogP contribution in [0.4, 0.5) is 0 Å². The predicted molar refractivity (Wildman–Crippen MR) is 95.7 cm³/mol. The summed E-state index contributed by atoms with van der Waals surface area (Å²) in [6, 6.07) is 19.1. The van der Waals surface area contributed by atoms with Crippen molar-refractivity contribution in [2.45, 2.75) is 30.0 Å². The number of nitrogens with one attached hydrogen (secondary N) is 1. The third kappa shape index (κ3) is 5.74. The van der Waals surface area contributed by atoms with Crippen LogP contribution in [0.3, 0.4) is 0 Å². The van der Waals surface area contributed by atoms with Crippen molar-refractivity contribution in [2.24, 2.45) is 0 Å². The molecule has 0 fully saturated rings. The zero-order valence-electron chi connectivity index (χ0n) is 13.8. The van der Waals surface area contributed by atoms with Gasteiger partial charge in [-0.15, -0.1) is 11.8 Å². The highest BCUT2D eigenvalue weighted by molar-refractivity contribution is 8.00. The molecule has 2 atom stereocenters. The van der Waals surface area contributed by atoms with Crippen molar-refractivity contribution in [1.82, 2.24) is 5.32 Å². The Morgan fingerprint density at radius 3 is 2.21 bits per heavy atom. The molecule has 4 nitrogen and oxygen atoms in total. The lowest BCUT2D eigenvalue weighted by Crippen LogP contribution is -2.32. The highest BCUT2D eigenvalue weighted by Crippen LogP contribution is 2.23. The number of ether oxygens (including phenoxy) is 1. The Morgan fingerprint density at radius 2 is 1.58 bits per heavy atom. The van der Waals surface area contributed by atoms with Gasteiger partial charge >= 0.3 is 5.97 Å². The molecule has 0 unspecified atom stereocenters. The number of carbonyl (C=O) groups is 2. The SMILES string of the molecule is C[C@@H](Sc1ccccc1)C(=O)OCC(=O)N[C@H](C)c1ccccc1. The molecule has 2 aromatic rings. The van der Waals surface area contributed by atoms with Crippen LogP contribution in [0, 0.1) is 0 Å². The summed E-state index contributed by atoms with van der Waals surface area (Å²) in [5.41, 5.74) is 1.00. The lowest BCUT2D eigenvalue weighted by molar-refractivity contribution is -0.147. The van der Waals surface area contributed by atoms with Gasteiger partial charge in [-0.2, -0.15) is 0 Å². The molecule has 0 aromatic heterocycles. The summed E-state index contributed by atoms with van der Waals surface area (Å²) < 4.78 is 5.10. The average Bonchev–Trinajstić information content (AvgIpc) is 2.61. The highest BCUT2D eigenvalue weighted by Gasteiger charge is 2.18. The Labute approximate surface area is 146 Å². The first-order chi connectivity index (χ1) is 11.6. The fourth-order valence-electron chi connectivity index (χ4n) is 2.11. The second-order valence-electron chi connectivity index (χ2n) is 5.38. The molecule has 1 amide bonds. The van der Waals surface area contributed by atoms with Gasteiger partial charge < -0.3 is 10.1 Å². The number of hydrogen-bond acceptors (Lipinski definition) is 4. The molecule has 2 aromatic carbocycles. The van der Waals surface area contributed by atoms with Crippen LogP contribution in [0.2, 0.25) is 0 Å². The summed E-state index contributed by atoms with van der Waals surface area (Å²) in [5.74, 6) is -0.706. The predicted octanol–water partition coefficient (Wildman–Crippen LogP) is 3.59. The molecule has 126 valence electrons. The van der Waals surface area contributed by atoms with Gasteiger partial charge in [-0.3, -0.25) is 9.59 Å². The van der Waals surface area contributed by atoms with Crippen LogP contribution in [-0.2, 0) is 14.3 Å². The van der Waals surface area contributed by atoms with E-state index < -0.39 is 5.97 Å². The number of carbonyl (C=O) groups excluding carboxylic acids is 2. The van der Waals surface area contributed by atoms with Crippen molar-refractivity contribution in [3.05, 3.63) is 66.2 Å². The first kappa shape index (κ1) is 18.1. The monoisotopic (exact) mass is 343 g/mol. The van der Waals surface area contributed by atoms with E-state index in [1.165, 1.54) is 11.8 Å². The number of esters is 1. The van der Waals surface area contributed by atoms with Crippen LogP contribution in [0.1, 0.15) is 25.5 Å². The van der Waals surface area contributed by atoms with Crippen molar-refractivity contribution in [1.29, 1.82) is 0 Å². The fourth-order valence-corrected chi connectivity index (χ4v) is 3.00. The molecule has 1 N–H and O–H groups in total. The van der Waals surface area contributed by atoms with E-state index >= 15 is 0 Å². The lowest BCUT2D eigenvalue weighted by Gasteiger charge is -2.15. The van der Waals surface area contributed by atoms with Crippen LogP contribution in [0.5, 0.6) is 0 Å². The zero-order chi connectivity index (χ0) is 17.4. The molecule has 0 saturated carbocycles. The summed E-state index contributed by atoms with van der Waals surface area (Å²) in [7, 11) is 0. The molecule has 0 saturated heterocycles. The molecule has 0 aliphatic rings. The second kappa shape index (κ2) is 9.13. The Hall–Kier alpha value is -2.27. The quantitative estimate of drug-likeness (QED) is 0.617. The van der Waals surface area contributed by atoms with Crippen molar-refractivity contribution in [3.63, 3.8) is 0 Å². The molecular weight excluding hydrogens is 322 g/mol. The van der Waals surface area contributed by atoms with E-state index in [1.807, 2.05) is 67.6 Å². The number of thioether (sulfide) groups is 1. The Bertz CT molecular complexity index is 661. The van der Waals surface area contributed by atoms with Crippen LogP contribution in [0.25, 0.3) is 0 Å². The molecule has 0 aliphatic carbocycles. The van der Waals surface area contributed by atoms with Gasteiger partial charge in [0.05, 0.1) is 6.04 Å². The largest absolute Gasteiger partial charge is 0.455 e. The Balaban J connectivity index is 1.75. The summed E-state index contributed by atoms with van der Waals surface area (Å²) in [6.07, 6.45) is 0. The van der Waals surface area contributed by atoms with Crippen LogP contribution < -0.4 is 5.32 Å². The highest BCUT2D eigenvalue weighted by atomic mass is 32.2. The maximum Gasteiger partial charge on any atom is 0.319 e. The van der Waals surface area contributed by atoms with Gasteiger partial charge in [-0.25, -0.2) is 0 Å². The summed E-state index contributed by atoms with van der Waals surface area (Å²) in [5, 5.41) is 2.45. The summed E-state index contributed by atoms with van der Waals surface area (Å²) >= 11 is 1.41. The number of hydrogen-bond donors (Lipinski definition) is 1. The van der Waals surface area contributed by atoms with Crippen molar-refractivity contribution in [3.8, 4) is 0 Å². The van der Waals surface area contributed by atoms with Gasteiger partial charge in [0, 0.05) is 4.90 Å². The standard InChI is InChI=1S/C19H21NO3S/c1-14(16-9-5-3-6-10-16)20-18(21)13-23-19(22)15(2)24-17-11-7-4-8-12-17/h3-12,14-15H,13H2,1-2H3,(H,20,21)/t14-,15-/m1/s1. The molecular formula is C19H21NO3S. The normalized spacial score (nSPS) is 12.9. The molecule has 5 heteroatoms. The zero-order valence-corrected chi connectivity index (χ0v) is 14.6. The smallest absolute Gasteiger partial charge is 0.319 e. The number of benzene rings is 2. The average molecular weight is 343 g/mol. The molecule has 24 heavy (non-hydrogen) atoms. The van der Waals surface area contributed by atoms with Gasteiger partial charge in [0.15, 0.2) is 6.61 Å². The molecule has 0 aliphatic heterocycles. The third-order valence-corrected chi connectivity index (χ3v) is 4.50. The van der Waals surface area contributed by atoms with Gasteiger partial charge in [0.1, 0.15) is 5.25 Å². The maximum atomic E-state index is 12.0. The molecule has 0 spiro atoms. The maximum absolute atomic E-state index is 12.0. The topological polar surface area (TPSA) is 55.4 Å². The fraction of sp³-hybridized carbons (Fsp3) is 0.263. The second-order valence-corrected chi connectivity index (χ2v) is 6.79. The number of amides is 1. The van der Waals surface area contributed by atoms with Crippen LogP contribution in [-0.4, -0.2) is 23.7 Å². The van der Waals surface area contributed by atoms with Crippen molar-refractivity contribution < 1.29 is 14.3 Å².